The van der Waals surface area contributed by atoms with Crippen LogP contribution in [0.1, 0.15) is 32.1 Å². The average Bonchev–Trinajstić information content (AvgIpc) is 3.01. The second-order valence-electron chi connectivity index (χ2n) is 6.26. The third-order valence-electron chi connectivity index (χ3n) is 4.79. The van der Waals surface area contributed by atoms with Gasteiger partial charge in [-0.05, 0) is 48.3 Å². The molecule has 1 saturated carbocycles. The van der Waals surface area contributed by atoms with E-state index in [2.05, 4.69) is 15.8 Å². The number of aromatic amines is 1. The number of benzene rings is 1. The number of ether oxygens (including phenoxy) is 1. The molecule has 1 heterocycles. The van der Waals surface area contributed by atoms with Gasteiger partial charge in [0, 0.05) is 35.6 Å². The summed E-state index contributed by atoms with van der Waals surface area (Å²) >= 11 is -2.16. The molecule has 0 bridgehead atoms. The van der Waals surface area contributed by atoms with Gasteiger partial charge in [0.1, 0.15) is 5.75 Å². The zero-order valence-corrected chi connectivity index (χ0v) is 13.9. The van der Waals surface area contributed by atoms with Crippen molar-refractivity contribution < 1.29 is 13.5 Å². The standard InChI is InChI=1S/C17H24N2O3S/c20-23(21)19-10-8-13-3-1-2-4-15(13)12-22-16-6-5-14-7-9-18-17(14)11-16/h5-7,9,11,13,15,18-19H,1-4,8,10,12H2,(H,20,21)/p-1. The Labute approximate surface area is 139 Å². The van der Waals surface area contributed by atoms with E-state index in [0.717, 1.165) is 30.5 Å². The Kier molecular flexibility index (Phi) is 5.70. The average molecular weight is 335 g/mol. The molecule has 0 aliphatic heterocycles. The summed E-state index contributed by atoms with van der Waals surface area (Å²) in [5, 5.41) is 1.18. The highest BCUT2D eigenvalue weighted by molar-refractivity contribution is 7.77. The van der Waals surface area contributed by atoms with Crippen LogP contribution in [0.3, 0.4) is 0 Å². The van der Waals surface area contributed by atoms with E-state index in [1.165, 1.54) is 18.2 Å². The van der Waals surface area contributed by atoms with E-state index in [1.807, 2.05) is 24.4 Å². The summed E-state index contributed by atoms with van der Waals surface area (Å²) in [5.74, 6) is 1.93. The van der Waals surface area contributed by atoms with Crippen LogP contribution >= 0.6 is 0 Å². The summed E-state index contributed by atoms with van der Waals surface area (Å²) in [6.07, 6.45) is 7.61. The third kappa shape index (κ3) is 4.56. The van der Waals surface area contributed by atoms with Crippen molar-refractivity contribution in [3.63, 3.8) is 0 Å². The zero-order chi connectivity index (χ0) is 16.1. The molecular weight excluding hydrogens is 312 g/mol. The fourth-order valence-corrected chi connectivity index (χ4v) is 3.82. The van der Waals surface area contributed by atoms with Crippen LogP contribution < -0.4 is 9.46 Å². The van der Waals surface area contributed by atoms with Gasteiger partial charge in [-0.1, -0.05) is 19.3 Å². The van der Waals surface area contributed by atoms with E-state index in [1.54, 1.807) is 0 Å². The maximum Gasteiger partial charge on any atom is 0.121 e. The Hall–Kier alpha value is -1.37. The molecule has 3 atom stereocenters. The summed E-state index contributed by atoms with van der Waals surface area (Å²) in [7, 11) is 0. The van der Waals surface area contributed by atoms with Gasteiger partial charge < -0.3 is 14.3 Å². The number of fused-ring (bicyclic) bond motifs is 1. The minimum absolute atomic E-state index is 0.505. The van der Waals surface area contributed by atoms with Crippen LogP contribution in [0.5, 0.6) is 5.75 Å². The SMILES string of the molecule is O=S([O-])NCCC1CCCCC1COc1ccc2cc[nH]c2c1. The molecule has 5 nitrogen and oxygen atoms in total. The van der Waals surface area contributed by atoms with Gasteiger partial charge in [0.2, 0.25) is 0 Å². The summed E-state index contributed by atoms with van der Waals surface area (Å²) in [6.45, 7) is 1.23. The maximum absolute atomic E-state index is 10.6. The van der Waals surface area contributed by atoms with Crippen LogP contribution in [-0.2, 0) is 11.3 Å². The molecule has 1 aliphatic carbocycles. The lowest BCUT2D eigenvalue weighted by molar-refractivity contribution is 0.143. The topological polar surface area (TPSA) is 77.2 Å². The molecule has 6 heteroatoms. The summed E-state index contributed by atoms with van der Waals surface area (Å²) in [5.41, 5.74) is 1.09. The molecule has 1 aromatic heterocycles. The molecule has 0 spiro atoms. The van der Waals surface area contributed by atoms with Gasteiger partial charge in [-0.25, -0.2) is 4.72 Å². The molecule has 1 fully saturated rings. The van der Waals surface area contributed by atoms with E-state index in [4.69, 9.17) is 4.74 Å². The Morgan fingerprint density at radius 1 is 1.26 bits per heavy atom. The van der Waals surface area contributed by atoms with E-state index < -0.39 is 11.3 Å². The number of rotatable bonds is 7. The molecule has 23 heavy (non-hydrogen) atoms. The summed E-state index contributed by atoms with van der Waals surface area (Å²) < 4.78 is 29.7. The fourth-order valence-electron chi connectivity index (χ4n) is 3.53. The van der Waals surface area contributed by atoms with Crippen molar-refractivity contribution in [3.05, 3.63) is 30.5 Å². The molecule has 2 aromatic rings. The van der Waals surface area contributed by atoms with Crippen LogP contribution in [0.2, 0.25) is 0 Å². The third-order valence-corrected chi connectivity index (χ3v) is 5.23. The first kappa shape index (κ1) is 16.5. The summed E-state index contributed by atoms with van der Waals surface area (Å²) in [6, 6.07) is 8.15. The van der Waals surface area contributed by atoms with Crippen LogP contribution in [0.4, 0.5) is 0 Å². The predicted molar refractivity (Wildman–Crippen MR) is 90.8 cm³/mol. The zero-order valence-electron chi connectivity index (χ0n) is 13.1. The van der Waals surface area contributed by atoms with Crippen molar-refractivity contribution in [2.75, 3.05) is 13.2 Å². The Morgan fingerprint density at radius 3 is 2.91 bits per heavy atom. The molecule has 0 radical (unpaired) electrons. The smallest absolute Gasteiger partial charge is 0.121 e. The quantitative estimate of drug-likeness (QED) is 0.763. The van der Waals surface area contributed by atoms with Gasteiger partial charge in [-0.2, -0.15) is 0 Å². The van der Waals surface area contributed by atoms with Gasteiger partial charge in [-0.3, -0.25) is 4.21 Å². The maximum atomic E-state index is 10.6. The fraction of sp³-hybridized carbons (Fsp3) is 0.529. The molecule has 1 aromatic carbocycles. The van der Waals surface area contributed by atoms with Crippen LogP contribution in [0.25, 0.3) is 10.9 Å². The Balaban J connectivity index is 1.54. The minimum Gasteiger partial charge on any atom is -0.760 e. The lowest BCUT2D eigenvalue weighted by atomic mass is 9.78. The molecule has 0 amide bonds. The number of hydrogen-bond donors (Lipinski definition) is 2. The minimum atomic E-state index is -2.16. The van der Waals surface area contributed by atoms with E-state index in [0.29, 0.717) is 25.0 Å². The molecule has 3 rings (SSSR count). The van der Waals surface area contributed by atoms with Crippen molar-refractivity contribution in [1.82, 2.24) is 9.71 Å². The second-order valence-corrected chi connectivity index (χ2v) is 7.02. The Morgan fingerprint density at radius 2 is 2.09 bits per heavy atom. The molecule has 0 saturated heterocycles. The van der Waals surface area contributed by atoms with Crippen molar-refractivity contribution >= 4 is 22.2 Å². The molecular formula is C17H23N2O3S-. The second kappa shape index (κ2) is 7.95. The van der Waals surface area contributed by atoms with E-state index >= 15 is 0 Å². The first-order chi connectivity index (χ1) is 11.2. The number of nitrogens with one attached hydrogen (secondary N) is 2. The van der Waals surface area contributed by atoms with Gasteiger partial charge in [0.25, 0.3) is 0 Å². The highest BCUT2D eigenvalue weighted by Crippen LogP contribution is 2.33. The van der Waals surface area contributed by atoms with Gasteiger partial charge in [-0.15, -0.1) is 0 Å². The molecule has 3 unspecified atom stereocenters. The van der Waals surface area contributed by atoms with E-state index in [9.17, 15) is 8.76 Å². The normalized spacial score (nSPS) is 23.0. The first-order valence-corrected chi connectivity index (χ1v) is 9.32. The Bertz CT molecular complexity index is 658. The van der Waals surface area contributed by atoms with Gasteiger partial charge >= 0.3 is 0 Å². The molecule has 126 valence electrons. The lowest BCUT2D eigenvalue weighted by Crippen LogP contribution is -2.29. The van der Waals surface area contributed by atoms with Crippen LogP contribution in [-0.4, -0.2) is 26.9 Å². The van der Waals surface area contributed by atoms with Gasteiger partial charge in [0.15, 0.2) is 0 Å². The highest BCUT2D eigenvalue weighted by atomic mass is 32.2. The van der Waals surface area contributed by atoms with Crippen LogP contribution in [0.15, 0.2) is 30.5 Å². The van der Waals surface area contributed by atoms with Gasteiger partial charge in [0.05, 0.1) is 6.61 Å². The number of aromatic nitrogens is 1. The largest absolute Gasteiger partial charge is 0.760 e. The van der Waals surface area contributed by atoms with Crippen molar-refractivity contribution in [3.8, 4) is 5.75 Å². The van der Waals surface area contributed by atoms with E-state index in [-0.39, 0.29) is 0 Å². The van der Waals surface area contributed by atoms with Crippen molar-refractivity contribution in [2.24, 2.45) is 11.8 Å². The number of hydrogen-bond acceptors (Lipinski definition) is 3. The van der Waals surface area contributed by atoms with Crippen molar-refractivity contribution in [2.45, 2.75) is 32.1 Å². The lowest BCUT2D eigenvalue weighted by Gasteiger charge is -2.31. The number of H-pyrrole nitrogens is 1. The highest BCUT2D eigenvalue weighted by Gasteiger charge is 2.25. The first-order valence-electron chi connectivity index (χ1n) is 8.25. The predicted octanol–water partition coefficient (Wildman–Crippen LogP) is 3.13. The molecule has 1 aliphatic rings. The summed E-state index contributed by atoms with van der Waals surface area (Å²) in [4.78, 5) is 3.20. The van der Waals surface area contributed by atoms with Crippen molar-refractivity contribution in [1.29, 1.82) is 0 Å². The monoisotopic (exact) mass is 335 g/mol. The molecule has 2 N–H and O–H groups in total. The van der Waals surface area contributed by atoms with Crippen LogP contribution in [0, 0.1) is 11.8 Å².